The molecule has 34 heavy (non-hydrogen) atoms. The summed E-state index contributed by atoms with van der Waals surface area (Å²) in [6.07, 6.45) is 4.30. The van der Waals surface area contributed by atoms with Crippen molar-refractivity contribution in [3.63, 3.8) is 0 Å². The van der Waals surface area contributed by atoms with Crippen LogP contribution in [0.15, 0.2) is 55.2 Å². The molecule has 0 saturated carbocycles. The van der Waals surface area contributed by atoms with Crippen LogP contribution in [-0.2, 0) is 18.1 Å². The van der Waals surface area contributed by atoms with Crippen LogP contribution in [0.25, 0.3) is 0 Å². The van der Waals surface area contributed by atoms with Crippen molar-refractivity contribution in [3.05, 3.63) is 84.0 Å². The number of halogens is 4. The van der Waals surface area contributed by atoms with Crippen molar-refractivity contribution in [2.24, 2.45) is 0 Å². The number of hydrogen-bond acceptors (Lipinski definition) is 9. The van der Waals surface area contributed by atoms with Gasteiger partial charge in [-0.2, -0.15) is 14.0 Å². The molecule has 3 heterocycles. The summed E-state index contributed by atoms with van der Waals surface area (Å²) in [4.78, 5) is 11.1. The van der Waals surface area contributed by atoms with Crippen molar-refractivity contribution >= 4 is 0 Å². The van der Waals surface area contributed by atoms with Crippen LogP contribution >= 0.6 is 0 Å². The molecule has 0 bridgehead atoms. The summed E-state index contributed by atoms with van der Waals surface area (Å²) < 4.78 is 65.4. The lowest BCUT2D eigenvalue weighted by Crippen LogP contribution is -2.48. The van der Waals surface area contributed by atoms with E-state index >= 15 is 8.78 Å². The van der Waals surface area contributed by atoms with E-state index in [0.717, 1.165) is 35.4 Å². The van der Waals surface area contributed by atoms with E-state index in [1.54, 1.807) is 6.07 Å². The molecule has 0 aliphatic heterocycles. The molecule has 0 saturated heterocycles. The highest BCUT2D eigenvalue weighted by molar-refractivity contribution is 5.33. The van der Waals surface area contributed by atoms with E-state index < -0.39 is 41.0 Å². The van der Waals surface area contributed by atoms with Crippen LogP contribution in [0.1, 0.15) is 17.1 Å². The summed E-state index contributed by atoms with van der Waals surface area (Å²) in [5, 5.41) is 29.9. The predicted octanol–water partition coefficient (Wildman–Crippen LogP) is 2.48. The second-order valence-electron chi connectivity index (χ2n) is 6.90. The van der Waals surface area contributed by atoms with Crippen molar-refractivity contribution in [2.75, 3.05) is 0 Å². The molecule has 0 spiro atoms. The molecule has 14 heteroatoms. The average molecular weight is 472 g/mol. The van der Waals surface area contributed by atoms with E-state index in [9.17, 15) is 13.9 Å². The van der Waals surface area contributed by atoms with Gasteiger partial charge in [-0.05, 0) is 34.7 Å². The SMILES string of the molecule is N#Cc1ncc(Oc2ccc(C(F)(F)C(O)(Cn3cnnn3)c3ccc(F)cc3F)nc2)cn1. The zero-order valence-electron chi connectivity index (χ0n) is 16.8. The number of tetrazole rings is 1. The first-order valence-electron chi connectivity index (χ1n) is 9.36. The lowest BCUT2D eigenvalue weighted by atomic mass is 9.84. The van der Waals surface area contributed by atoms with Gasteiger partial charge in [0.2, 0.25) is 5.82 Å². The predicted molar refractivity (Wildman–Crippen MR) is 103 cm³/mol. The van der Waals surface area contributed by atoms with E-state index in [1.165, 1.54) is 12.4 Å². The van der Waals surface area contributed by atoms with Crippen LogP contribution < -0.4 is 4.74 Å². The van der Waals surface area contributed by atoms with Crippen molar-refractivity contribution in [2.45, 2.75) is 18.1 Å². The number of nitriles is 1. The number of alkyl halides is 2. The topological polar surface area (TPSA) is 136 Å². The zero-order chi connectivity index (χ0) is 24.3. The summed E-state index contributed by atoms with van der Waals surface area (Å²) in [7, 11) is 0. The molecule has 1 N–H and O–H groups in total. The Hall–Kier alpha value is -4.51. The summed E-state index contributed by atoms with van der Waals surface area (Å²) in [6.45, 7) is -0.974. The van der Waals surface area contributed by atoms with E-state index in [0.29, 0.717) is 12.1 Å². The summed E-state index contributed by atoms with van der Waals surface area (Å²) in [5.74, 6) is -6.56. The molecule has 10 nitrogen and oxygen atoms in total. The maximum absolute atomic E-state index is 15.7. The van der Waals surface area contributed by atoms with Gasteiger partial charge in [-0.15, -0.1) is 5.10 Å². The zero-order valence-corrected chi connectivity index (χ0v) is 16.8. The highest BCUT2D eigenvalue weighted by atomic mass is 19.3. The molecule has 1 aromatic carbocycles. The standard InChI is InChI=1S/C20H12F4N8O2/c21-12-1-3-15(16(22)5-12)19(33,10-32-11-29-30-31-32)20(23,24)17-4-2-13(7-26-17)34-14-8-27-18(6-25)28-9-14/h1-5,7-9,11,33H,10H2. The molecule has 4 rings (SSSR count). The number of benzene rings is 1. The smallest absolute Gasteiger partial charge is 0.323 e. The quantitative estimate of drug-likeness (QED) is 0.402. The minimum absolute atomic E-state index is 0.0184. The van der Waals surface area contributed by atoms with Crippen LogP contribution in [0, 0.1) is 23.0 Å². The third-order valence-electron chi connectivity index (χ3n) is 4.70. The minimum atomic E-state index is -4.20. The number of aromatic nitrogens is 7. The van der Waals surface area contributed by atoms with Crippen molar-refractivity contribution in [1.82, 2.24) is 35.2 Å². The van der Waals surface area contributed by atoms with E-state index in [2.05, 4.69) is 30.5 Å². The second-order valence-corrected chi connectivity index (χ2v) is 6.90. The lowest BCUT2D eigenvalue weighted by Gasteiger charge is -2.35. The van der Waals surface area contributed by atoms with Gasteiger partial charge in [0.05, 0.1) is 25.1 Å². The number of ether oxygens (including phenoxy) is 1. The van der Waals surface area contributed by atoms with Gasteiger partial charge < -0.3 is 9.84 Å². The molecule has 0 fully saturated rings. The third-order valence-corrected chi connectivity index (χ3v) is 4.70. The van der Waals surface area contributed by atoms with E-state index in [1.807, 2.05) is 0 Å². The molecule has 0 radical (unpaired) electrons. The first-order chi connectivity index (χ1) is 16.2. The highest BCUT2D eigenvalue weighted by Crippen LogP contribution is 2.46. The molecule has 4 aromatic rings. The Morgan fingerprint density at radius 2 is 1.76 bits per heavy atom. The molecule has 1 atom stereocenters. The summed E-state index contributed by atoms with van der Waals surface area (Å²) >= 11 is 0. The molecular weight excluding hydrogens is 460 g/mol. The van der Waals surface area contributed by atoms with Gasteiger partial charge in [0.15, 0.2) is 11.4 Å². The minimum Gasteiger partial charge on any atom is -0.452 e. The Balaban J connectivity index is 1.68. The van der Waals surface area contributed by atoms with E-state index in [4.69, 9.17) is 10.00 Å². The number of pyridine rings is 1. The van der Waals surface area contributed by atoms with Gasteiger partial charge in [-0.25, -0.2) is 23.4 Å². The monoisotopic (exact) mass is 472 g/mol. The number of nitrogens with zero attached hydrogens (tertiary/aromatic N) is 8. The Morgan fingerprint density at radius 1 is 1.03 bits per heavy atom. The summed E-state index contributed by atoms with van der Waals surface area (Å²) in [5.41, 5.74) is -5.07. The van der Waals surface area contributed by atoms with Crippen molar-refractivity contribution < 1.29 is 27.4 Å². The Labute approximate surface area is 188 Å². The Kier molecular flexibility index (Phi) is 5.86. The first kappa shape index (κ1) is 22.7. The fraction of sp³-hybridized carbons (Fsp3) is 0.150. The van der Waals surface area contributed by atoms with Crippen molar-refractivity contribution in [1.29, 1.82) is 5.26 Å². The van der Waals surface area contributed by atoms with Crippen LogP contribution in [0.3, 0.4) is 0 Å². The Morgan fingerprint density at radius 3 is 2.35 bits per heavy atom. The third kappa shape index (κ3) is 4.24. The van der Waals surface area contributed by atoms with Crippen LogP contribution in [-0.4, -0.2) is 40.3 Å². The summed E-state index contributed by atoms with van der Waals surface area (Å²) in [6, 6.07) is 5.56. The molecule has 1 unspecified atom stereocenters. The fourth-order valence-corrected chi connectivity index (χ4v) is 3.07. The van der Waals surface area contributed by atoms with Gasteiger partial charge in [0, 0.05) is 11.6 Å². The Bertz CT molecular complexity index is 1330. The van der Waals surface area contributed by atoms with Gasteiger partial charge in [0.1, 0.15) is 35.5 Å². The molecule has 3 aromatic heterocycles. The second kappa shape index (κ2) is 8.79. The highest BCUT2D eigenvalue weighted by Gasteiger charge is 2.58. The molecule has 0 aliphatic carbocycles. The van der Waals surface area contributed by atoms with Gasteiger partial charge in [0.25, 0.3) is 0 Å². The maximum Gasteiger partial charge on any atom is 0.323 e. The average Bonchev–Trinajstić information content (AvgIpc) is 3.32. The normalized spacial score (nSPS) is 13.2. The van der Waals surface area contributed by atoms with Gasteiger partial charge >= 0.3 is 5.92 Å². The van der Waals surface area contributed by atoms with Gasteiger partial charge in [-0.1, -0.05) is 0 Å². The number of rotatable bonds is 7. The van der Waals surface area contributed by atoms with Crippen molar-refractivity contribution in [3.8, 4) is 17.6 Å². The van der Waals surface area contributed by atoms with Crippen LogP contribution in [0.5, 0.6) is 11.5 Å². The lowest BCUT2D eigenvalue weighted by molar-refractivity contribution is -0.207. The largest absolute Gasteiger partial charge is 0.452 e. The maximum atomic E-state index is 15.7. The molecule has 0 amide bonds. The molecular formula is C20H12F4N8O2. The van der Waals surface area contributed by atoms with Crippen LogP contribution in [0.2, 0.25) is 0 Å². The first-order valence-corrected chi connectivity index (χ1v) is 9.36. The molecule has 172 valence electrons. The van der Waals surface area contributed by atoms with E-state index in [-0.39, 0.29) is 17.3 Å². The van der Waals surface area contributed by atoms with Crippen LogP contribution in [0.4, 0.5) is 17.6 Å². The van der Waals surface area contributed by atoms with Gasteiger partial charge in [-0.3, -0.25) is 4.98 Å². The number of aliphatic hydroxyl groups is 1. The fourth-order valence-electron chi connectivity index (χ4n) is 3.07. The number of hydrogen-bond donors (Lipinski definition) is 1. The molecule has 0 aliphatic rings.